The molecule has 2 rings (SSSR count). The number of benzene rings is 1. The molecule has 1 heterocycles. The van der Waals surface area contributed by atoms with Gasteiger partial charge in [0.1, 0.15) is 0 Å². The standard InChI is InChI=1S/C13H19IN2S/c1-9-11(7-12(17)10(2)13(9)14)8-16-5-3-15-4-6-16/h7,15,17H,3-6,8H2,1-2H3. The average Bonchev–Trinajstić information content (AvgIpc) is 2.35. The van der Waals surface area contributed by atoms with Gasteiger partial charge in [-0.2, -0.15) is 0 Å². The van der Waals surface area contributed by atoms with E-state index in [1.807, 2.05) is 0 Å². The van der Waals surface area contributed by atoms with Gasteiger partial charge in [-0.15, -0.1) is 12.6 Å². The molecule has 0 saturated carbocycles. The molecule has 1 aliphatic heterocycles. The largest absolute Gasteiger partial charge is 0.314 e. The van der Waals surface area contributed by atoms with Crippen LogP contribution in [0.1, 0.15) is 16.7 Å². The van der Waals surface area contributed by atoms with Crippen molar-refractivity contribution in [2.75, 3.05) is 26.2 Å². The Bertz CT molecular complexity index is 414. The molecule has 0 aromatic heterocycles. The lowest BCUT2D eigenvalue weighted by atomic mass is 10.0. The van der Waals surface area contributed by atoms with E-state index >= 15 is 0 Å². The van der Waals surface area contributed by atoms with E-state index in [1.54, 1.807) is 0 Å². The van der Waals surface area contributed by atoms with Crippen LogP contribution in [0.4, 0.5) is 0 Å². The van der Waals surface area contributed by atoms with Gasteiger partial charge >= 0.3 is 0 Å². The van der Waals surface area contributed by atoms with Crippen molar-refractivity contribution in [2.45, 2.75) is 25.3 Å². The molecule has 4 heteroatoms. The molecule has 0 aliphatic carbocycles. The fourth-order valence-electron chi connectivity index (χ4n) is 2.19. The van der Waals surface area contributed by atoms with E-state index < -0.39 is 0 Å². The Hall–Kier alpha value is 0.220. The summed E-state index contributed by atoms with van der Waals surface area (Å²) in [6, 6.07) is 2.23. The van der Waals surface area contributed by atoms with E-state index in [-0.39, 0.29) is 0 Å². The van der Waals surface area contributed by atoms with Gasteiger partial charge in [0, 0.05) is 41.2 Å². The van der Waals surface area contributed by atoms with Crippen molar-refractivity contribution in [2.24, 2.45) is 0 Å². The third kappa shape index (κ3) is 3.16. The van der Waals surface area contributed by atoms with E-state index in [0.717, 1.165) is 37.6 Å². The third-order valence-electron chi connectivity index (χ3n) is 3.44. The average molecular weight is 362 g/mol. The zero-order valence-electron chi connectivity index (χ0n) is 10.4. The van der Waals surface area contributed by atoms with E-state index in [1.165, 1.54) is 20.3 Å². The molecule has 0 spiro atoms. The highest BCUT2D eigenvalue weighted by atomic mass is 127. The molecule has 2 nitrogen and oxygen atoms in total. The van der Waals surface area contributed by atoms with Gasteiger partial charge < -0.3 is 5.32 Å². The van der Waals surface area contributed by atoms with Gasteiger partial charge in [0.25, 0.3) is 0 Å². The molecule has 0 radical (unpaired) electrons. The van der Waals surface area contributed by atoms with Crippen LogP contribution in [0.25, 0.3) is 0 Å². The summed E-state index contributed by atoms with van der Waals surface area (Å²) < 4.78 is 1.36. The highest BCUT2D eigenvalue weighted by Gasteiger charge is 2.14. The Balaban J connectivity index is 2.20. The maximum atomic E-state index is 4.57. The topological polar surface area (TPSA) is 15.3 Å². The first-order valence-corrected chi connectivity index (χ1v) is 7.53. The van der Waals surface area contributed by atoms with E-state index in [2.05, 4.69) is 65.4 Å². The Kier molecular flexibility index (Phi) is 4.74. The van der Waals surface area contributed by atoms with Gasteiger partial charge in [-0.3, -0.25) is 4.90 Å². The number of halogens is 1. The van der Waals surface area contributed by atoms with Gasteiger partial charge in [0.05, 0.1) is 0 Å². The summed E-state index contributed by atoms with van der Waals surface area (Å²) in [6.45, 7) is 9.92. The van der Waals surface area contributed by atoms with Crippen LogP contribution < -0.4 is 5.32 Å². The molecule has 0 amide bonds. The van der Waals surface area contributed by atoms with Crippen molar-refractivity contribution in [1.82, 2.24) is 10.2 Å². The summed E-state index contributed by atoms with van der Waals surface area (Å²) in [4.78, 5) is 3.63. The molecule has 1 aromatic carbocycles. The van der Waals surface area contributed by atoms with Crippen LogP contribution in [0.15, 0.2) is 11.0 Å². The minimum Gasteiger partial charge on any atom is -0.314 e. The van der Waals surface area contributed by atoms with Crippen LogP contribution in [-0.4, -0.2) is 31.1 Å². The van der Waals surface area contributed by atoms with E-state index in [4.69, 9.17) is 0 Å². The molecule has 0 unspecified atom stereocenters. The lowest BCUT2D eigenvalue weighted by Gasteiger charge is -2.28. The van der Waals surface area contributed by atoms with Gasteiger partial charge in [-0.1, -0.05) is 0 Å². The maximum Gasteiger partial charge on any atom is 0.0238 e. The second-order valence-corrected chi connectivity index (χ2v) is 6.21. The van der Waals surface area contributed by atoms with Gasteiger partial charge in [-0.05, 0) is 59.2 Å². The first-order valence-electron chi connectivity index (χ1n) is 6.00. The minimum atomic E-state index is 1.05. The highest BCUT2D eigenvalue weighted by molar-refractivity contribution is 14.1. The van der Waals surface area contributed by atoms with Gasteiger partial charge in [0.2, 0.25) is 0 Å². The van der Waals surface area contributed by atoms with Crippen molar-refractivity contribution in [3.63, 3.8) is 0 Å². The van der Waals surface area contributed by atoms with Crippen molar-refractivity contribution < 1.29 is 0 Å². The number of piperazine rings is 1. The Morgan fingerprint density at radius 2 is 1.94 bits per heavy atom. The molecular formula is C13H19IN2S. The molecule has 1 saturated heterocycles. The van der Waals surface area contributed by atoms with Crippen molar-refractivity contribution in [3.05, 3.63) is 26.3 Å². The molecule has 0 bridgehead atoms. The number of nitrogens with zero attached hydrogens (tertiary/aromatic N) is 1. The lowest BCUT2D eigenvalue weighted by molar-refractivity contribution is 0.232. The Morgan fingerprint density at radius 3 is 2.59 bits per heavy atom. The predicted molar refractivity (Wildman–Crippen MR) is 84.0 cm³/mol. The second-order valence-electron chi connectivity index (χ2n) is 4.64. The molecule has 1 fully saturated rings. The molecular weight excluding hydrogens is 343 g/mol. The van der Waals surface area contributed by atoms with Crippen molar-refractivity contribution in [1.29, 1.82) is 0 Å². The Labute approximate surface area is 123 Å². The lowest BCUT2D eigenvalue weighted by Crippen LogP contribution is -2.43. The summed E-state index contributed by atoms with van der Waals surface area (Å²) >= 11 is 7.00. The first kappa shape index (κ1) is 13.6. The zero-order valence-corrected chi connectivity index (χ0v) is 13.4. The van der Waals surface area contributed by atoms with Crippen molar-refractivity contribution in [3.8, 4) is 0 Å². The van der Waals surface area contributed by atoms with Crippen LogP contribution in [0.3, 0.4) is 0 Å². The first-order chi connectivity index (χ1) is 8.09. The van der Waals surface area contributed by atoms with Gasteiger partial charge in [0.15, 0.2) is 0 Å². The van der Waals surface area contributed by atoms with Crippen molar-refractivity contribution >= 4 is 35.2 Å². The second kappa shape index (κ2) is 5.91. The molecule has 94 valence electrons. The third-order valence-corrected chi connectivity index (χ3v) is 5.52. The van der Waals surface area contributed by atoms with Crippen LogP contribution in [0.5, 0.6) is 0 Å². The highest BCUT2D eigenvalue weighted by Crippen LogP contribution is 2.27. The monoisotopic (exact) mass is 362 g/mol. The van der Waals surface area contributed by atoms with Crippen LogP contribution in [-0.2, 0) is 6.54 Å². The SMILES string of the molecule is Cc1c(S)cc(CN2CCNCC2)c(C)c1I. The molecule has 17 heavy (non-hydrogen) atoms. The summed E-state index contributed by atoms with van der Waals surface area (Å²) in [6.07, 6.45) is 0. The summed E-state index contributed by atoms with van der Waals surface area (Å²) in [5.41, 5.74) is 4.14. The fraction of sp³-hybridized carbons (Fsp3) is 0.538. The number of hydrogen-bond acceptors (Lipinski definition) is 3. The van der Waals surface area contributed by atoms with E-state index in [9.17, 15) is 0 Å². The number of hydrogen-bond donors (Lipinski definition) is 2. The Morgan fingerprint density at radius 1 is 1.29 bits per heavy atom. The summed E-state index contributed by atoms with van der Waals surface area (Å²) in [5.74, 6) is 0. The fourth-order valence-corrected chi connectivity index (χ4v) is 3.31. The molecule has 1 aromatic rings. The summed E-state index contributed by atoms with van der Waals surface area (Å²) in [5, 5.41) is 3.39. The molecule has 0 atom stereocenters. The smallest absolute Gasteiger partial charge is 0.0238 e. The summed E-state index contributed by atoms with van der Waals surface area (Å²) in [7, 11) is 0. The molecule has 1 N–H and O–H groups in total. The quantitative estimate of drug-likeness (QED) is 0.621. The number of thiol groups is 1. The van der Waals surface area contributed by atoms with Crippen LogP contribution in [0, 0.1) is 17.4 Å². The molecule has 1 aliphatic rings. The number of nitrogens with one attached hydrogen (secondary N) is 1. The predicted octanol–water partition coefficient (Wildman–Crippen LogP) is 2.60. The maximum absolute atomic E-state index is 4.57. The van der Waals surface area contributed by atoms with Gasteiger partial charge in [-0.25, -0.2) is 0 Å². The van der Waals surface area contributed by atoms with Crippen LogP contribution in [0.2, 0.25) is 0 Å². The van der Waals surface area contributed by atoms with Crippen LogP contribution >= 0.6 is 35.2 Å². The van der Waals surface area contributed by atoms with E-state index in [0.29, 0.717) is 0 Å². The zero-order chi connectivity index (χ0) is 12.4. The normalized spacial score (nSPS) is 17.4. The number of rotatable bonds is 2. The minimum absolute atomic E-state index is 1.05.